The average molecular weight is 378 g/mol. The second-order valence-electron chi connectivity index (χ2n) is 6.33. The van der Waals surface area contributed by atoms with Crippen LogP contribution in [0, 0.1) is 6.92 Å². The Balaban J connectivity index is 1.44. The third-order valence-corrected chi connectivity index (χ3v) is 4.13. The predicted octanol–water partition coefficient (Wildman–Crippen LogP) is 3.94. The van der Waals surface area contributed by atoms with E-state index in [-0.39, 0.29) is 0 Å². The highest BCUT2D eigenvalue weighted by Crippen LogP contribution is 2.17. The first-order valence-corrected chi connectivity index (χ1v) is 9.37. The van der Waals surface area contributed by atoms with Gasteiger partial charge in [0.1, 0.15) is 23.9 Å². The van der Waals surface area contributed by atoms with Gasteiger partial charge in [-0.2, -0.15) is 4.98 Å². The summed E-state index contributed by atoms with van der Waals surface area (Å²) < 4.78 is 10.9. The third kappa shape index (κ3) is 6.16. The van der Waals surface area contributed by atoms with E-state index in [1.807, 2.05) is 43.3 Å². The van der Waals surface area contributed by atoms with E-state index in [1.165, 1.54) is 5.56 Å². The van der Waals surface area contributed by atoms with E-state index in [0.717, 1.165) is 36.0 Å². The minimum absolute atomic E-state index is 0.534. The number of rotatable bonds is 10. The number of benzene rings is 2. The molecular weight excluding hydrogens is 352 g/mol. The Kier molecular flexibility index (Phi) is 7.07. The van der Waals surface area contributed by atoms with Crippen LogP contribution in [0.25, 0.3) is 0 Å². The zero-order chi connectivity index (χ0) is 19.6. The molecule has 0 spiro atoms. The standard InChI is InChI=1S/C22H26N4O2/c1-17-16-21(23-14-15-28-20-10-8-19(27-2)9-11-20)26-22(25-17)24-13-12-18-6-4-3-5-7-18/h3-11,16H,12-15H2,1-2H3,(H2,23,24,25,26). The van der Waals surface area contributed by atoms with Crippen LogP contribution in [0.1, 0.15) is 11.3 Å². The lowest BCUT2D eigenvalue weighted by molar-refractivity contribution is 0.331. The molecule has 3 aromatic rings. The van der Waals surface area contributed by atoms with Crippen molar-refractivity contribution in [3.63, 3.8) is 0 Å². The quantitative estimate of drug-likeness (QED) is 0.521. The molecule has 146 valence electrons. The van der Waals surface area contributed by atoms with Gasteiger partial charge in [-0.3, -0.25) is 0 Å². The van der Waals surface area contributed by atoms with Crippen LogP contribution in [-0.4, -0.2) is 36.8 Å². The van der Waals surface area contributed by atoms with Gasteiger partial charge < -0.3 is 20.1 Å². The van der Waals surface area contributed by atoms with Crippen LogP contribution >= 0.6 is 0 Å². The molecule has 1 aromatic heterocycles. The molecule has 1 heterocycles. The highest BCUT2D eigenvalue weighted by atomic mass is 16.5. The van der Waals surface area contributed by atoms with Crippen LogP contribution in [0.4, 0.5) is 11.8 Å². The maximum atomic E-state index is 5.72. The van der Waals surface area contributed by atoms with Crippen LogP contribution in [-0.2, 0) is 6.42 Å². The first-order chi connectivity index (χ1) is 13.7. The number of aryl methyl sites for hydroxylation is 1. The summed E-state index contributed by atoms with van der Waals surface area (Å²) in [6.45, 7) is 3.93. The summed E-state index contributed by atoms with van der Waals surface area (Å²) in [6.07, 6.45) is 0.927. The van der Waals surface area contributed by atoms with Crippen LogP contribution in [0.3, 0.4) is 0 Å². The molecule has 3 rings (SSSR count). The number of nitrogens with one attached hydrogen (secondary N) is 2. The molecule has 6 heteroatoms. The van der Waals surface area contributed by atoms with Gasteiger partial charge in [-0.25, -0.2) is 4.98 Å². The van der Waals surface area contributed by atoms with E-state index in [0.29, 0.717) is 19.1 Å². The average Bonchev–Trinajstić information content (AvgIpc) is 2.72. The summed E-state index contributed by atoms with van der Waals surface area (Å²) in [5.41, 5.74) is 2.20. The Hall–Kier alpha value is -3.28. The lowest BCUT2D eigenvalue weighted by atomic mass is 10.1. The fourth-order valence-corrected chi connectivity index (χ4v) is 2.72. The molecule has 0 atom stereocenters. The van der Waals surface area contributed by atoms with Gasteiger partial charge in [-0.15, -0.1) is 0 Å². The van der Waals surface area contributed by atoms with Gasteiger partial charge in [-0.05, 0) is 43.2 Å². The Morgan fingerprint density at radius 2 is 1.61 bits per heavy atom. The maximum absolute atomic E-state index is 5.72. The van der Waals surface area contributed by atoms with Crippen LogP contribution in [0.2, 0.25) is 0 Å². The van der Waals surface area contributed by atoms with Gasteiger partial charge >= 0.3 is 0 Å². The van der Waals surface area contributed by atoms with Gasteiger partial charge in [-0.1, -0.05) is 30.3 Å². The lowest BCUT2D eigenvalue weighted by Gasteiger charge is -2.11. The SMILES string of the molecule is COc1ccc(OCCNc2cc(C)nc(NCCc3ccccc3)n2)cc1. The van der Waals surface area contributed by atoms with E-state index in [2.05, 4.69) is 44.9 Å². The van der Waals surface area contributed by atoms with Crippen molar-refractivity contribution >= 4 is 11.8 Å². The Morgan fingerprint density at radius 3 is 2.36 bits per heavy atom. The second kappa shape index (κ2) is 10.2. The van der Waals surface area contributed by atoms with Crippen LogP contribution < -0.4 is 20.1 Å². The first kappa shape index (κ1) is 19.5. The molecule has 0 amide bonds. The minimum atomic E-state index is 0.534. The van der Waals surface area contributed by atoms with Crippen molar-refractivity contribution in [1.29, 1.82) is 0 Å². The zero-order valence-corrected chi connectivity index (χ0v) is 16.3. The molecule has 28 heavy (non-hydrogen) atoms. The van der Waals surface area contributed by atoms with Gasteiger partial charge in [0.2, 0.25) is 5.95 Å². The molecule has 0 radical (unpaired) electrons. The Labute approximate surface area is 166 Å². The summed E-state index contributed by atoms with van der Waals surface area (Å²) in [5, 5.41) is 6.58. The molecule has 0 saturated heterocycles. The summed E-state index contributed by atoms with van der Waals surface area (Å²) >= 11 is 0. The zero-order valence-electron chi connectivity index (χ0n) is 16.3. The van der Waals surface area contributed by atoms with Crippen molar-refractivity contribution in [2.24, 2.45) is 0 Å². The molecule has 6 nitrogen and oxygen atoms in total. The molecule has 0 fully saturated rings. The molecule has 0 aliphatic rings. The third-order valence-electron chi connectivity index (χ3n) is 4.13. The summed E-state index contributed by atoms with van der Waals surface area (Å²) in [7, 11) is 1.65. The smallest absolute Gasteiger partial charge is 0.224 e. The van der Waals surface area contributed by atoms with E-state index >= 15 is 0 Å². The highest BCUT2D eigenvalue weighted by molar-refractivity contribution is 5.42. The maximum Gasteiger partial charge on any atom is 0.224 e. The normalized spacial score (nSPS) is 10.4. The van der Waals surface area contributed by atoms with Crippen molar-refractivity contribution in [2.45, 2.75) is 13.3 Å². The molecule has 0 aliphatic carbocycles. The molecule has 2 aromatic carbocycles. The predicted molar refractivity (Wildman–Crippen MR) is 112 cm³/mol. The van der Waals surface area contributed by atoms with Crippen LogP contribution in [0.5, 0.6) is 11.5 Å². The second-order valence-corrected chi connectivity index (χ2v) is 6.33. The van der Waals surface area contributed by atoms with Gasteiger partial charge in [0.05, 0.1) is 13.7 Å². The largest absolute Gasteiger partial charge is 0.497 e. The monoisotopic (exact) mass is 378 g/mol. The number of ether oxygens (including phenoxy) is 2. The number of aromatic nitrogens is 2. The number of hydrogen-bond donors (Lipinski definition) is 2. The van der Waals surface area contributed by atoms with E-state index in [9.17, 15) is 0 Å². The van der Waals surface area contributed by atoms with E-state index in [4.69, 9.17) is 9.47 Å². The van der Waals surface area contributed by atoms with Crippen molar-refractivity contribution in [1.82, 2.24) is 9.97 Å². The van der Waals surface area contributed by atoms with Crippen molar-refractivity contribution in [2.75, 3.05) is 37.4 Å². The Bertz CT molecular complexity index is 854. The van der Waals surface area contributed by atoms with Crippen molar-refractivity contribution in [3.05, 3.63) is 71.9 Å². The Morgan fingerprint density at radius 1 is 0.857 bits per heavy atom. The molecule has 2 N–H and O–H groups in total. The number of anilines is 2. The van der Waals surface area contributed by atoms with E-state index < -0.39 is 0 Å². The molecule has 0 bridgehead atoms. The first-order valence-electron chi connectivity index (χ1n) is 9.37. The lowest BCUT2D eigenvalue weighted by Crippen LogP contribution is -2.14. The van der Waals surface area contributed by atoms with E-state index in [1.54, 1.807) is 7.11 Å². The number of nitrogens with zero attached hydrogens (tertiary/aromatic N) is 2. The summed E-state index contributed by atoms with van der Waals surface area (Å²) in [6, 6.07) is 19.8. The summed E-state index contributed by atoms with van der Waals surface area (Å²) in [4.78, 5) is 8.98. The van der Waals surface area contributed by atoms with Crippen molar-refractivity contribution in [3.8, 4) is 11.5 Å². The van der Waals surface area contributed by atoms with Gasteiger partial charge in [0.15, 0.2) is 0 Å². The fourth-order valence-electron chi connectivity index (χ4n) is 2.72. The molecule has 0 aliphatic heterocycles. The van der Waals surface area contributed by atoms with Gasteiger partial charge in [0.25, 0.3) is 0 Å². The van der Waals surface area contributed by atoms with Gasteiger partial charge in [0, 0.05) is 18.3 Å². The fraction of sp³-hybridized carbons (Fsp3) is 0.273. The highest BCUT2D eigenvalue weighted by Gasteiger charge is 2.03. The topological polar surface area (TPSA) is 68.3 Å². The van der Waals surface area contributed by atoms with Crippen molar-refractivity contribution < 1.29 is 9.47 Å². The minimum Gasteiger partial charge on any atom is -0.497 e. The number of methoxy groups -OCH3 is 1. The number of hydrogen-bond acceptors (Lipinski definition) is 6. The summed E-state index contributed by atoms with van der Waals surface area (Å²) in [5.74, 6) is 3.04. The molecule has 0 unspecified atom stereocenters. The molecular formula is C22H26N4O2. The van der Waals surface area contributed by atoms with Crippen LogP contribution in [0.15, 0.2) is 60.7 Å². The molecule has 0 saturated carbocycles.